The Labute approximate surface area is 236 Å². The Kier molecular flexibility index (Phi) is 12.2. The molecule has 0 spiro atoms. The predicted octanol–water partition coefficient (Wildman–Crippen LogP) is 5.27. The van der Waals surface area contributed by atoms with Crippen LogP contribution in [0.4, 0.5) is 5.69 Å². The van der Waals surface area contributed by atoms with Crippen molar-refractivity contribution in [2.75, 3.05) is 23.7 Å². The highest BCUT2D eigenvalue weighted by atomic mass is 35.5. The molecule has 1 N–H and O–H groups in total. The molecule has 210 valence electrons. The number of ether oxygens (including phenoxy) is 1. The largest absolute Gasteiger partial charge is 0.492 e. The van der Waals surface area contributed by atoms with Crippen LogP contribution in [0.5, 0.6) is 5.75 Å². The summed E-state index contributed by atoms with van der Waals surface area (Å²) in [5.74, 6) is -0.171. The molecule has 0 unspecified atom stereocenters. The number of rotatable bonds is 14. The van der Waals surface area contributed by atoms with Gasteiger partial charge in [0.25, 0.3) is 0 Å². The molecule has 2 rings (SSSR count). The minimum absolute atomic E-state index is 0.00580. The zero-order valence-electron chi connectivity index (χ0n) is 22.5. The van der Waals surface area contributed by atoms with Gasteiger partial charge in [0.05, 0.1) is 18.6 Å². The van der Waals surface area contributed by atoms with Gasteiger partial charge < -0.3 is 15.0 Å². The van der Waals surface area contributed by atoms with E-state index in [0.717, 1.165) is 12.7 Å². The number of nitrogens with zero attached hydrogens (tertiary/aromatic N) is 2. The normalized spacial score (nSPS) is 12.9. The van der Waals surface area contributed by atoms with Crippen LogP contribution < -0.4 is 14.4 Å². The highest BCUT2D eigenvalue weighted by molar-refractivity contribution is 7.92. The second-order valence-corrected chi connectivity index (χ2v) is 11.8. The first-order valence-corrected chi connectivity index (χ1v) is 15.2. The van der Waals surface area contributed by atoms with Crippen LogP contribution in [0.3, 0.4) is 0 Å². The molecule has 2 amide bonds. The second-order valence-electron chi connectivity index (χ2n) is 9.06. The second kappa shape index (κ2) is 14.6. The van der Waals surface area contributed by atoms with Gasteiger partial charge in [-0.1, -0.05) is 48.3 Å². The summed E-state index contributed by atoms with van der Waals surface area (Å²) in [5, 5.41) is 3.69. The van der Waals surface area contributed by atoms with Crippen LogP contribution in [0.15, 0.2) is 42.5 Å². The topological polar surface area (TPSA) is 96.0 Å². The third kappa shape index (κ3) is 8.78. The summed E-state index contributed by atoms with van der Waals surface area (Å²) in [6, 6.07) is 11.1. The molecule has 0 fully saturated rings. The number of amides is 2. The summed E-state index contributed by atoms with van der Waals surface area (Å²) in [4.78, 5) is 27.9. The minimum atomic E-state index is -3.65. The standard InChI is InChI=1S/C27H37Cl2N3O5S/c1-6-19(3)30-27(34)20(4)31(18-21-22(28)12-10-13-23(21)29)26(33)16-11-17-32(38(5,35)36)24-14-8-9-15-25(24)37-7-2/h8-10,12-15,19-20H,6-7,11,16-18H2,1-5H3,(H,30,34)/t19-,20+/m1/s1. The van der Waals surface area contributed by atoms with Gasteiger partial charge in [0.1, 0.15) is 11.8 Å². The Morgan fingerprint density at radius 3 is 2.24 bits per heavy atom. The molecule has 2 aromatic rings. The van der Waals surface area contributed by atoms with Crippen molar-refractivity contribution in [3.05, 3.63) is 58.1 Å². The molecule has 0 aromatic heterocycles. The fourth-order valence-corrected chi connectivity index (χ4v) is 5.31. The van der Waals surface area contributed by atoms with Gasteiger partial charge in [0.2, 0.25) is 21.8 Å². The van der Waals surface area contributed by atoms with Crippen molar-refractivity contribution < 1.29 is 22.7 Å². The van der Waals surface area contributed by atoms with E-state index in [9.17, 15) is 18.0 Å². The fraction of sp³-hybridized carbons (Fsp3) is 0.481. The van der Waals surface area contributed by atoms with Gasteiger partial charge >= 0.3 is 0 Å². The molecule has 0 aliphatic heterocycles. The van der Waals surface area contributed by atoms with Crippen LogP contribution in [0.2, 0.25) is 10.0 Å². The van der Waals surface area contributed by atoms with Crippen molar-refractivity contribution in [2.24, 2.45) is 0 Å². The molecule has 2 atom stereocenters. The number of halogens is 2. The number of para-hydroxylation sites is 2. The summed E-state index contributed by atoms with van der Waals surface area (Å²) in [6.45, 7) is 7.79. The average molecular weight is 587 g/mol. The van der Waals surface area contributed by atoms with Crippen LogP contribution in [-0.2, 0) is 26.2 Å². The number of anilines is 1. The highest BCUT2D eigenvalue weighted by Gasteiger charge is 2.28. The van der Waals surface area contributed by atoms with E-state index in [2.05, 4.69) is 5.32 Å². The summed E-state index contributed by atoms with van der Waals surface area (Å²) in [6.07, 6.45) is 2.09. The molecule has 0 radical (unpaired) electrons. The summed E-state index contributed by atoms with van der Waals surface area (Å²) < 4.78 is 32.1. The molecule has 0 aliphatic rings. The lowest BCUT2D eigenvalue weighted by atomic mass is 10.1. The molecule has 8 nitrogen and oxygen atoms in total. The highest BCUT2D eigenvalue weighted by Crippen LogP contribution is 2.31. The van der Waals surface area contributed by atoms with E-state index >= 15 is 0 Å². The van der Waals surface area contributed by atoms with E-state index < -0.39 is 16.1 Å². The Bertz CT molecular complexity index is 1190. The molecule has 0 bridgehead atoms. The minimum Gasteiger partial charge on any atom is -0.492 e. The molecule has 0 aliphatic carbocycles. The van der Waals surface area contributed by atoms with Crippen molar-refractivity contribution in [3.8, 4) is 5.75 Å². The molecule has 0 saturated heterocycles. The Morgan fingerprint density at radius 2 is 1.66 bits per heavy atom. The number of carbonyl (C=O) groups excluding carboxylic acids is 2. The van der Waals surface area contributed by atoms with Crippen LogP contribution in [0.25, 0.3) is 0 Å². The molecular weight excluding hydrogens is 549 g/mol. The number of sulfonamides is 1. The van der Waals surface area contributed by atoms with Gasteiger partial charge in [-0.25, -0.2) is 8.42 Å². The number of hydrogen-bond donors (Lipinski definition) is 1. The maximum absolute atomic E-state index is 13.5. The van der Waals surface area contributed by atoms with Crippen LogP contribution in [0, 0.1) is 0 Å². The number of benzene rings is 2. The molecular formula is C27H37Cl2N3O5S. The van der Waals surface area contributed by atoms with Crippen molar-refractivity contribution in [1.82, 2.24) is 10.2 Å². The Hall–Kier alpha value is -2.49. The number of nitrogens with one attached hydrogen (secondary N) is 1. The van der Waals surface area contributed by atoms with Gasteiger partial charge in [0, 0.05) is 41.2 Å². The molecule has 38 heavy (non-hydrogen) atoms. The average Bonchev–Trinajstić information content (AvgIpc) is 2.86. The zero-order chi connectivity index (χ0) is 28.5. The van der Waals surface area contributed by atoms with Gasteiger partial charge in [-0.15, -0.1) is 0 Å². The van der Waals surface area contributed by atoms with Crippen LogP contribution in [-0.4, -0.2) is 56.6 Å². The lowest BCUT2D eigenvalue weighted by Crippen LogP contribution is -2.49. The molecule has 0 heterocycles. The number of hydrogen-bond acceptors (Lipinski definition) is 5. The van der Waals surface area contributed by atoms with E-state index in [-0.39, 0.29) is 43.8 Å². The predicted molar refractivity (Wildman–Crippen MR) is 153 cm³/mol. The maximum atomic E-state index is 13.5. The Balaban J connectivity index is 2.27. The first-order chi connectivity index (χ1) is 17.9. The summed E-state index contributed by atoms with van der Waals surface area (Å²) in [5.41, 5.74) is 0.945. The van der Waals surface area contributed by atoms with E-state index in [0.29, 0.717) is 33.7 Å². The Morgan fingerprint density at radius 1 is 1.03 bits per heavy atom. The number of carbonyl (C=O) groups is 2. The molecule has 11 heteroatoms. The van der Waals surface area contributed by atoms with Gasteiger partial charge in [-0.2, -0.15) is 0 Å². The third-order valence-electron chi connectivity index (χ3n) is 6.14. The van der Waals surface area contributed by atoms with E-state index in [1.165, 1.54) is 9.21 Å². The van der Waals surface area contributed by atoms with Gasteiger partial charge in [-0.3, -0.25) is 13.9 Å². The lowest BCUT2D eigenvalue weighted by Gasteiger charge is -2.31. The van der Waals surface area contributed by atoms with E-state index in [1.807, 2.05) is 20.8 Å². The molecule has 2 aromatic carbocycles. The van der Waals surface area contributed by atoms with Gasteiger partial charge in [0.15, 0.2) is 0 Å². The van der Waals surface area contributed by atoms with Crippen molar-refractivity contribution in [2.45, 2.75) is 65.6 Å². The zero-order valence-corrected chi connectivity index (χ0v) is 24.9. The lowest BCUT2D eigenvalue weighted by molar-refractivity contribution is -0.140. The summed E-state index contributed by atoms with van der Waals surface area (Å²) >= 11 is 12.7. The smallest absolute Gasteiger partial charge is 0.242 e. The summed E-state index contributed by atoms with van der Waals surface area (Å²) in [7, 11) is -3.65. The van der Waals surface area contributed by atoms with Gasteiger partial charge in [-0.05, 0) is 57.9 Å². The maximum Gasteiger partial charge on any atom is 0.242 e. The quantitative estimate of drug-likeness (QED) is 0.326. The van der Waals surface area contributed by atoms with Crippen molar-refractivity contribution >= 4 is 50.7 Å². The van der Waals surface area contributed by atoms with E-state index in [4.69, 9.17) is 27.9 Å². The first kappa shape index (κ1) is 31.7. The SMILES string of the molecule is CCOc1ccccc1N(CCCC(=O)N(Cc1c(Cl)cccc1Cl)[C@@H](C)C(=O)N[C@H](C)CC)S(C)(=O)=O. The van der Waals surface area contributed by atoms with Crippen molar-refractivity contribution in [3.63, 3.8) is 0 Å². The van der Waals surface area contributed by atoms with Crippen LogP contribution >= 0.6 is 23.2 Å². The molecule has 0 saturated carbocycles. The van der Waals surface area contributed by atoms with E-state index in [1.54, 1.807) is 49.4 Å². The van der Waals surface area contributed by atoms with Crippen LogP contribution in [0.1, 0.15) is 52.5 Å². The third-order valence-corrected chi connectivity index (χ3v) is 8.03. The fourth-order valence-electron chi connectivity index (χ4n) is 3.83. The first-order valence-electron chi connectivity index (χ1n) is 12.6. The monoisotopic (exact) mass is 585 g/mol. The van der Waals surface area contributed by atoms with Crippen molar-refractivity contribution in [1.29, 1.82) is 0 Å².